The minimum Gasteiger partial charge on any atom is -0.356 e. The summed E-state index contributed by atoms with van der Waals surface area (Å²) in [4.78, 5) is 10.7. The first-order valence-corrected chi connectivity index (χ1v) is 5.40. The van der Waals surface area contributed by atoms with Crippen LogP contribution >= 0.6 is 0 Å². The van der Waals surface area contributed by atoms with Gasteiger partial charge in [-0.15, -0.1) is 0 Å². The number of aromatic nitrogens is 4. The van der Waals surface area contributed by atoms with Gasteiger partial charge in [0.2, 0.25) is 0 Å². The van der Waals surface area contributed by atoms with Crippen molar-refractivity contribution >= 4 is 11.6 Å². The Hall–Kier alpha value is -1.69. The molecule has 1 fully saturated rings. The molecule has 2 N–H and O–H groups in total. The highest BCUT2D eigenvalue weighted by Gasteiger charge is 2.27. The number of hydrogen-bond acceptors (Lipinski definition) is 5. The molecular weight excluding hydrogens is 204 g/mol. The summed E-state index contributed by atoms with van der Waals surface area (Å²) in [5, 5.41) is 4.18. The van der Waals surface area contributed by atoms with Gasteiger partial charge in [0.1, 0.15) is 12.1 Å². The molecule has 0 spiro atoms. The average Bonchev–Trinajstić information content (AvgIpc) is 2.63. The molecule has 0 radical (unpaired) electrons. The molecule has 6 nitrogen and oxygen atoms in total. The molecule has 0 atom stereocenters. The number of hydrogen-bond donors (Lipinski definition) is 1. The van der Waals surface area contributed by atoms with Crippen molar-refractivity contribution in [1.29, 1.82) is 0 Å². The number of rotatable bonds is 2. The Kier molecular flexibility index (Phi) is 2.03. The summed E-state index contributed by atoms with van der Waals surface area (Å²) in [5.74, 6) is 2.32. The Labute approximate surface area is 93.1 Å². The van der Waals surface area contributed by atoms with Gasteiger partial charge in [0.05, 0.1) is 0 Å². The summed E-state index contributed by atoms with van der Waals surface area (Å²) in [5.41, 5.74) is 6.59. The van der Waals surface area contributed by atoms with Gasteiger partial charge in [0.15, 0.2) is 0 Å². The molecule has 0 bridgehead atoms. The summed E-state index contributed by atoms with van der Waals surface area (Å²) in [6.45, 7) is 4.71. The lowest BCUT2D eigenvalue weighted by molar-refractivity contribution is 0.414. The van der Waals surface area contributed by atoms with E-state index >= 15 is 0 Å². The third kappa shape index (κ3) is 1.34. The van der Waals surface area contributed by atoms with Crippen LogP contribution in [0.4, 0.5) is 5.82 Å². The molecule has 2 aromatic heterocycles. The average molecular weight is 218 g/mol. The highest BCUT2D eigenvalue weighted by Crippen LogP contribution is 2.24. The second-order valence-electron chi connectivity index (χ2n) is 4.23. The van der Waals surface area contributed by atoms with Gasteiger partial charge in [-0.05, 0) is 13.5 Å². The Morgan fingerprint density at radius 1 is 1.50 bits per heavy atom. The maximum atomic E-state index is 5.62. The Morgan fingerprint density at radius 3 is 3.06 bits per heavy atom. The SMILES string of the molecule is Cc1cc(N2CC(CN)C2)n2ncnc2n1. The first kappa shape index (κ1) is 9.53. The smallest absolute Gasteiger partial charge is 0.254 e. The molecule has 1 saturated heterocycles. The van der Waals surface area contributed by atoms with Crippen LogP contribution in [0.1, 0.15) is 5.69 Å². The predicted octanol–water partition coefficient (Wildman–Crippen LogP) is -0.172. The van der Waals surface area contributed by atoms with Crippen molar-refractivity contribution in [1.82, 2.24) is 19.6 Å². The van der Waals surface area contributed by atoms with Crippen molar-refractivity contribution in [2.24, 2.45) is 11.7 Å². The predicted molar refractivity (Wildman–Crippen MR) is 60.3 cm³/mol. The Balaban J connectivity index is 2.00. The van der Waals surface area contributed by atoms with Gasteiger partial charge in [-0.2, -0.15) is 14.6 Å². The molecule has 0 unspecified atom stereocenters. The second kappa shape index (κ2) is 3.41. The van der Waals surface area contributed by atoms with E-state index < -0.39 is 0 Å². The van der Waals surface area contributed by atoms with Crippen LogP contribution in [0.25, 0.3) is 5.78 Å². The number of aryl methyl sites for hydroxylation is 1. The van der Waals surface area contributed by atoms with Gasteiger partial charge >= 0.3 is 0 Å². The fraction of sp³-hybridized carbons (Fsp3) is 0.500. The summed E-state index contributed by atoms with van der Waals surface area (Å²) in [6, 6.07) is 2.04. The van der Waals surface area contributed by atoms with Gasteiger partial charge in [-0.1, -0.05) is 0 Å². The molecule has 0 saturated carbocycles. The summed E-state index contributed by atoms with van der Waals surface area (Å²) in [6.07, 6.45) is 1.53. The Bertz CT molecular complexity index is 513. The topological polar surface area (TPSA) is 72.3 Å². The van der Waals surface area contributed by atoms with Crippen LogP contribution < -0.4 is 10.6 Å². The van der Waals surface area contributed by atoms with Crippen molar-refractivity contribution in [2.75, 3.05) is 24.5 Å². The van der Waals surface area contributed by atoms with E-state index in [4.69, 9.17) is 5.73 Å². The quantitative estimate of drug-likeness (QED) is 0.757. The molecule has 3 heterocycles. The van der Waals surface area contributed by atoms with E-state index in [0.717, 1.165) is 31.1 Å². The zero-order valence-corrected chi connectivity index (χ0v) is 9.17. The van der Waals surface area contributed by atoms with Crippen molar-refractivity contribution in [2.45, 2.75) is 6.92 Å². The van der Waals surface area contributed by atoms with E-state index in [0.29, 0.717) is 11.7 Å². The molecule has 6 heteroatoms. The van der Waals surface area contributed by atoms with Crippen LogP contribution in [0.5, 0.6) is 0 Å². The van der Waals surface area contributed by atoms with E-state index in [9.17, 15) is 0 Å². The highest BCUT2D eigenvalue weighted by molar-refractivity contribution is 5.49. The number of nitrogens with zero attached hydrogens (tertiary/aromatic N) is 5. The summed E-state index contributed by atoms with van der Waals surface area (Å²) < 4.78 is 1.78. The van der Waals surface area contributed by atoms with Crippen molar-refractivity contribution < 1.29 is 0 Å². The second-order valence-corrected chi connectivity index (χ2v) is 4.23. The normalized spacial score (nSPS) is 16.8. The number of nitrogens with two attached hydrogens (primary N) is 1. The van der Waals surface area contributed by atoms with Gasteiger partial charge in [-0.3, -0.25) is 0 Å². The molecule has 16 heavy (non-hydrogen) atoms. The van der Waals surface area contributed by atoms with E-state index in [-0.39, 0.29) is 0 Å². The molecule has 2 aromatic rings. The molecule has 0 aromatic carbocycles. The van der Waals surface area contributed by atoms with Crippen molar-refractivity contribution in [3.05, 3.63) is 18.1 Å². The number of fused-ring (bicyclic) bond motifs is 1. The molecule has 1 aliphatic heterocycles. The van der Waals surface area contributed by atoms with Crippen LogP contribution in [0.2, 0.25) is 0 Å². The van der Waals surface area contributed by atoms with Crippen LogP contribution in [-0.4, -0.2) is 39.2 Å². The molecule has 0 aliphatic carbocycles. The van der Waals surface area contributed by atoms with Crippen LogP contribution in [-0.2, 0) is 0 Å². The lowest BCUT2D eigenvalue weighted by Crippen LogP contribution is -2.50. The van der Waals surface area contributed by atoms with Crippen LogP contribution in [0.15, 0.2) is 12.4 Å². The van der Waals surface area contributed by atoms with Crippen LogP contribution in [0.3, 0.4) is 0 Å². The van der Waals surface area contributed by atoms with Gasteiger partial charge < -0.3 is 10.6 Å². The summed E-state index contributed by atoms with van der Waals surface area (Å²) >= 11 is 0. The first-order valence-electron chi connectivity index (χ1n) is 5.40. The minimum absolute atomic E-state index is 0.604. The fourth-order valence-electron chi connectivity index (χ4n) is 2.04. The standard InChI is InChI=1S/C10H14N6/c1-7-2-9(15-4-8(3-11)5-15)16-10(14-7)12-6-13-16/h2,6,8H,3-5,11H2,1H3. The summed E-state index contributed by atoms with van der Waals surface area (Å²) in [7, 11) is 0. The van der Waals surface area contributed by atoms with E-state index in [1.54, 1.807) is 4.52 Å². The number of anilines is 1. The van der Waals surface area contributed by atoms with Crippen LogP contribution in [0, 0.1) is 12.8 Å². The molecule has 1 aliphatic rings. The first-order chi connectivity index (χ1) is 7.78. The van der Waals surface area contributed by atoms with Gasteiger partial charge in [0.25, 0.3) is 5.78 Å². The molecule has 3 rings (SSSR count). The fourth-order valence-corrected chi connectivity index (χ4v) is 2.04. The third-order valence-corrected chi connectivity index (χ3v) is 2.98. The largest absolute Gasteiger partial charge is 0.356 e. The molecule has 0 amide bonds. The maximum Gasteiger partial charge on any atom is 0.254 e. The van der Waals surface area contributed by atoms with E-state index in [2.05, 4.69) is 20.0 Å². The zero-order valence-electron chi connectivity index (χ0n) is 9.17. The van der Waals surface area contributed by atoms with Gasteiger partial charge in [-0.25, -0.2) is 4.98 Å². The minimum atomic E-state index is 0.604. The lowest BCUT2D eigenvalue weighted by atomic mass is 10.0. The molecular formula is C10H14N6. The Morgan fingerprint density at radius 2 is 2.31 bits per heavy atom. The molecule has 84 valence electrons. The van der Waals surface area contributed by atoms with E-state index in [1.807, 2.05) is 13.0 Å². The van der Waals surface area contributed by atoms with Crippen molar-refractivity contribution in [3.63, 3.8) is 0 Å². The maximum absolute atomic E-state index is 5.62. The van der Waals surface area contributed by atoms with Gasteiger partial charge in [0, 0.05) is 30.8 Å². The highest BCUT2D eigenvalue weighted by atomic mass is 15.4. The van der Waals surface area contributed by atoms with Crippen molar-refractivity contribution in [3.8, 4) is 0 Å². The third-order valence-electron chi connectivity index (χ3n) is 2.98. The zero-order chi connectivity index (χ0) is 11.1. The van der Waals surface area contributed by atoms with E-state index in [1.165, 1.54) is 6.33 Å². The monoisotopic (exact) mass is 218 g/mol. The lowest BCUT2D eigenvalue weighted by Gasteiger charge is -2.40.